The first-order valence-electron chi connectivity index (χ1n) is 5.46. The van der Waals surface area contributed by atoms with Crippen molar-refractivity contribution in [3.05, 3.63) is 46.2 Å². The van der Waals surface area contributed by atoms with Crippen molar-refractivity contribution in [1.29, 1.82) is 0 Å². The van der Waals surface area contributed by atoms with E-state index in [1.54, 1.807) is 17.4 Å². The maximum absolute atomic E-state index is 10.1. The molecule has 1 aromatic carbocycles. The number of aromatic hydroxyl groups is 1. The van der Waals surface area contributed by atoms with E-state index in [-0.39, 0.29) is 11.8 Å². The standard InChI is InChI=1S/C13H15NO2S/c1-2-16-11-5-3-4-10(13(11)15)12(14)9-6-7-17-8-9/h3-8,12,15H,2,14H2,1H3/t12-/m1/s1. The number of hydrogen-bond acceptors (Lipinski definition) is 4. The molecule has 0 aliphatic heterocycles. The molecule has 4 heteroatoms. The van der Waals surface area contributed by atoms with Crippen LogP contribution in [-0.2, 0) is 0 Å². The Morgan fingerprint density at radius 3 is 2.88 bits per heavy atom. The quantitative estimate of drug-likeness (QED) is 0.876. The van der Waals surface area contributed by atoms with Crippen molar-refractivity contribution in [2.45, 2.75) is 13.0 Å². The van der Waals surface area contributed by atoms with E-state index in [2.05, 4.69) is 0 Å². The molecule has 0 radical (unpaired) electrons. The van der Waals surface area contributed by atoms with E-state index in [0.717, 1.165) is 5.56 Å². The van der Waals surface area contributed by atoms with Gasteiger partial charge in [-0.15, -0.1) is 0 Å². The molecule has 0 fully saturated rings. The maximum Gasteiger partial charge on any atom is 0.162 e. The number of para-hydroxylation sites is 1. The minimum atomic E-state index is -0.318. The summed E-state index contributed by atoms with van der Waals surface area (Å²) >= 11 is 1.59. The molecule has 0 aliphatic rings. The molecular formula is C13H15NO2S. The third-order valence-electron chi connectivity index (χ3n) is 2.57. The van der Waals surface area contributed by atoms with Crippen LogP contribution in [-0.4, -0.2) is 11.7 Å². The van der Waals surface area contributed by atoms with E-state index in [1.807, 2.05) is 35.9 Å². The Labute approximate surface area is 104 Å². The maximum atomic E-state index is 10.1. The number of phenols is 1. The predicted octanol–water partition coefficient (Wildman–Crippen LogP) is 2.90. The molecule has 1 atom stereocenters. The SMILES string of the molecule is CCOc1cccc([C@H](N)c2ccsc2)c1O. The monoisotopic (exact) mass is 249 g/mol. The zero-order valence-electron chi connectivity index (χ0n) is 9.59. The van der Waals surface area contributed by atoms with E-state index >= 15 is 0 Å². The molecule has 1 heterocycles. The Balaban J connectivity index is 2.35. The summed E-state index contributed by atoms with van der Waals surface area (Å²) in [7, 11) is 0. The van der Waals surface area contributed by atoms with Crippen LogP contribution in [0.2, 0.25) is 0 Å². The molecule has 1 aromatic heterocycles. The van der Waals surface area contributed by atoms with Crippen LogP contribution in [0.3, 0.4) is 0 Å². The molecule has 2 aromatic rings. The summed E-state index contributed by atoms with van der Waals surface area (Å²) < 4.78 is 5.34. The van der Waals surface area contributed by atoms with Crippen molar-refractivity contribution >= 4 is 11.3 Å². The van der Waals surface area contributed by atoms with Crippen molar-refractivity contribution in [3.8, 4) is 11.5 Å². The fourth-order valence-electron chi connectivity index (χ4n) is 1.69. The van der Waals surface area contributed by atoms with E-state index in [9.17, 15) is 5.11 Å². The van der Waals surface area contributed by atoms with Gasteiger partial charge in [-0.2, -0.15) is 11.3 Å². The number of hydrogen-bond donors (Lipinski definition) is 2. The van der Waals surface area contributed by atoms with Gasteiger partial charge in [0.25, 0.3) is 0 Å². The smallest absolute Gasteiger partial charge is 0.162 e. The second-order valence-corrected chi connectivity index (χ2v) is 4.44. The van der Waals surface area contributed by atoms with E-state index in [1.165, 1.54) is 0 Å². The van der Waals surface area contributed by atoms with Crippen LogP contribution in [0.5, 0.6) is 11.5 Å². The van der Waals surface area contributed by atoms with Gasteiger partial charge in [0.1, 0.15) is 0 Å². The molecule has 2 rings (SSSR count). The van der Waals surface area contributed by atoms with Gasteiger partial charge in [-0.25, -0.2) is 0 Å². The summed E-state index contributed by atoms with van der Waals surface area (Å²) in [5.41, 5.74) is 7.81. The van der Waals surface area contributed by atoms with Gasteiger partial charge in [-0.05, 0) is 35.4 Å². The highest BCUT2D eigenvalue weighted by Gasteiger charge is 2.16. The highest BCUT2D eigenvalue weighted by atomic mass is 32.1. The third kappa shape index (κ3) is 2.43. The fraction of sp³-hybridized carbons (Fsp3) is 0.231. The summed E-state index contributed by atoms with van der Waals surface area (Å²) in [4.78, 5) is 0. The molecule has 0 bridgehead atoms. The lowest BCUT2D eigenvalue weighted by Gasteiger charge is -2.15. The second kappa shape index (κ2) is 5.21. The number of rotatable bonds is 4. The lowest BCUT2D eigenvalue weighted by atomic mass is 10.0. The van der Waals surface area contributed by atoms with Gasteiger partial charge < -0.3 is 15.6 Å². The summed E-state index contributed by atoms with van der Waals surface area (Å²) in [5, 5.41) is 14.0. The number of phenolic OH excluding ortho intramolecular Hbond substituents is 1. The van der Waals surface area contributed by atoms with Gasteiger partial charge in [0.15, 0.2) is 11.5 Å². The summed E-state index contributed by atoms with van der Waals surface area (Å²) in [6.07, 6.45) is 0. The number of ether oxygens (including phenoxy) is 1. The Kier molecular flexibility index (Phi) is 3.66. The molecular weight excluding hydrogens is 234 g/mol. The van der Waals surface area contributed by atoms with Gasteiger partial charge in [0.05, 0.1) is 12.6 Å². The molecule has 0 spiro atoms. The first kappa shape index (κ1) is 12.0. The topological polar surface area (TPSA) is 55.5 Å². The Morgan fingerprint density at radius 1 is 1.41 bits per heavy atom. The van der Waals surface area contributed by atoms with Gasteiger partial charge in [-0.3, -0.25) is 0 Å². The van der Waals surface area contributed by atoms with Crippen molar-refractivity contribution in [2.24, 2.45) is 5.73 Å². The zero-order valence-corrected chi connectivity index (χ0v) is 10.4. The number of thiophene rings is 1. The van der Waals surface area contributed by atoms with Gasteiger partial charge in [0, 0.05) is 5.56 Å². The van der Waals surface area contributed by atoms with Crippen LogP contribution in [0.4, 0.5) is 0 Å². The predicted molar refractivity (Wildman–Crippen MR) is 69.6 cm³/mol. The van der Waals surface area contributed by atoms with E-state index in [0.29, 0.717) is 17.9 Å². The van der Waals surface area contributed by atoms with Crippen molar-refractivity contribution in [3.63, 3.8) is 0 Å². The van der Waals surface area contributed by atoms with Crippen molar-refractivity contribution in [1.82, 2.24) is 0 Å². The first-order valence-corrected chi connectivity index (χ1v) is 6.40. The average molecular weight is 249 g/mol. The lowest BCUT2D eigenvalue weighted by molar-refractivity contribution is 0.316. The Morgan fingerprint density at radius 2 is 2.24 bits per heavy atom. The third-order valence-corrected chi connectivity index (χ3v) is 3.27. The molecule has 0 unspecified atom stereocenters. The van der Waals surface area contributed by atoms with Crippen LogP contribution in [0.25, 0.3) is 0 Å². The molecule has 90 valence electrons. The average Bonchev–Trinajstić information content (AvgIpc) is 2.85. The summed E-state index contributed by atoms with van der Waals surface area (Å²) in [5.74, 6) is 0.615. The molecule has 17 heavy (non-hydrogen) atoms. The van der Waals surface area contributed by atoms with Gasteiger partial charge >= 0.3 is 0 Å². The van der Waals surface area contributed by atoms with Crippen molar-refractivity contribution in [2.75, 3.05) is 6.61 Å². The summed E-state index contributed by atoms with van der Waals surface area (Å²) in [6.45, 7) is 2.40. The zero-order chi connectivity index (χ0) is 12.3. The van der Waals surface area contributed by atoms with E-state index in [4.69, 9.17) is 10.5 Å². The summed E-state index contributed by atoms with van der Waals surface area (Å²) in [6, 6.07) is 7.04. The fourth-order valence-corrected chi connectivity index (χ4v) is 2.39. The van der Waals surface area contributed by atoms with Crippen LogP contribution in [0.1, 0.15) is 24.1 Å². The molecule has 3 N–H and O–H groups in total. The Hall–Kier alpha value is -1.52. The normalized spacial score (nSPS) is 12.4. The largest absolute Gasteiger partial charge is 0.504 e. The van der Waals surface area contributed by atoms with Crippen LogP contribution in [0.15, 0.2) is 35.0 Å². The molecule has 0 saturated heterocycles. The molecule has 3 nitrogen and oxygen atoms in total. The van der Waals surface area contributed by atoms with Gasteiger partial charge in [-0.1, -0.05) is 12.1 Å². The highest BCUT2D eigenvalue weighted by molar-refractivity contribution is 7.08. The van der Waals surface area contributed by atoms with E-state index < -0.39 is 0 Å². The van der Waals surface area contributed by atoms with Crippen LogP contribution >= 0.6 is 11.3 Å². The first-order chi connectivity index (χ1) is 8.24. The molecule has 0 saturated carbocycles. The minimum absolute atomic E-state index is 0.132. The minimum Gasteiger partial charge on any atom is -0.504 e. The van der Waals surface area contributed by atoms with Gasteiger partial charge in [0.2, 0.25) is 0 Å². The highest BCUT2D eigenvalue weighted by Crippen LogP contribution is 2.35. The molecule has 0 aliphatic carbocycles. The molecule has 0 amide bonds. The number of nitrogens with two attached hydrogens (primary N) is 1. The number of benzene rings is 1. The van der Waals surface area contributed by atoms with Crippen molar-refractivity contribution < 1.29 is 9.84 Å². The van der Waals surface area contributed by atoms with Crippen LogP contribution in [0, 0.1) is 0 Å². The van der Waals surface area contributed by atoms with Crippen LogP contribution < -0.4 is 10.5 Å². The second-order valence-electron chi connectivity index (χ2n) is 3.66. The Bertz CT molecular complexity index is 482. The lowest BCUT2D eigenvalue weighted by Crippen LogP contribution is -2.11.